The van der Waals surface area contributed by atoms with E-state index < -0.39 is 15.8 Å². The van der Waals surface area contributed by atoms with Crippen LogP contribution in [-0.4, -0.2) is 18.6 Å². The Kier molecular flexibility index (Phi) is 3.64. The highest BCUT2D eigenvalue weighted by Crippen LogP contribution is 2.24. The Balaban J connectivity index is 2.39. The van der Waals surface area contributed by atoms with Gasteiger partial charge in [0.25, 0.3) is 10.0 Å². The molecule has 0 spiro atoms. The van der Waals surface area contributed by atoms with Gasteiger partial charge in [0, 0.05) is 0 Å². The van der Waals surface area contributed by atoms with Crippen LogP contribution in [0.1, 0.15) is 11.4 Å². The van der Waals surface area contributed by atoms with Crippen molar-refractivity contribution in [1.29, 1.82) is 0 Å². The molecule has 0 amide bonds. The highest BCUT2D eigenvalue weighted by Gasteiger charge is 2.22. The lowest BCUT2D eigenvalue weighted by Crippen LogP contribution is -2.14. The lowest BCUT2D eigenvalue weighted by molar-refractivity contribution is 0.599. The zero-order valence-corrected chi connectivity index (χ0v) is 12.6. The normalized spacial score (nSPS) is 11.6. The number of anilines is 1. The number of aromatic nitrogens is 2. The van der Waals surface area contributed by atoms with Gasteiger partial charge in [-0.15, -0.1) is 0 Å². The zero-order chi connectivity index (χ0) is 14.2. The van der Waals surface area contributed by atoms with Crippen molar-refractivity contribution >= 4 is 31.6 Å². The largest absolute Gasteiger partial charge is 0.281 e. The van der Waals surface area contributed by atoms with Crippen LogP contribution in [0.2, 0.25) is 0 Å². The smallest absolute Gasteiger partial charge is 0.265 e. The average Bonchev–Trinajstić information content (AvgIpc) is 2.64. The number of nitrogens with one attached hydrogen (secondary N) is 2. The predicted octanol–water partition coefficient (Wildman–Crippen LogP) is 2.73. The molecule has 0 aliphatic carbocycles. The van der Waals surface area contributed by atoms with Crippen molar-refractivity contribution in [2.45, 2.75) is 18.7 Å². The second-order valence-electron chi connectivity index (χ2n) is 4.00. The third-order valence-electron chi connectivity index (χ3n) is 2.50. The number of hydrogen-bond acceptors (Lipinski definition) is 3. The number of hydrogen-bond donors (Lipinski definition) is 2. The standard InChI is InChI=1S/C11H11BrFN3O2S/c1-6-11(7(2)15-14-6)19(17,18)16-8-3-4-10(13)9(12)5-8/h3-5,16H,1-2H3,(H,14,15). The summed E-state index contributed by atoms with van der Waals surface area (Å²) in [5.41, 5.74) is 1.10. The minimum atomic E-state index is -3.75. The van der Waals surface area contributed by atoms with Gasteiger partial charge in [0.2, 0.25) is 0 Å². The molecule has 8 heteroatoms. The van der Waals surface area contributed by atoms with Crippen LogP contribution >= 0.6 is 15.9 Å². The van der Waals surface area contributed by atoms with Gasteiger partial charge in [-0.05, 0) is 48.0 Å². The number of benzene rings is 1. The van der Waals surface area contributed by atoms with E-state index in [9.17, 15) is 12.8 Å². The van der Waals surface area contributed by atoms with Gasteiger partial charge in [-0.1, -0.05) is 0 Å². The number of rotatable bonds is 3. The van der Waals surface area contributed by atoms with Crippen molar-refractivity contribution in [3.8, 4) is 0 Å². The maximum absolute atomic E-state index is 13.1. The van der Waals surface area contributed by atoms with E-state index in [2.05, 4.69) is 30.8 Å². The fourth-order valence-electron chi connectivity index (χ4n) is 1.70. The second kappa shape index (κ2) is 4.93. The van der Waals surface area contributed by atoms with Crippen molar-refractivity contribution in [1.82, 2.24) is 10.2 Å². The molecule has 1 aromatic heterocycles. The molecule has 2 N–H and O–H groups in total. The molecule has 0 fully saturated rings. The SMILES string of the molecule is Cc1n[nH]c(C)c1S(=O)(=O)Nc1ccc(F)c(Br)c1. The lowest BCUT2D eigenvalue weighted by Gasteiger charge is -2.08. The van der Waals surface area contributed by atoms with Gasteiger partial charge in [-0.3, -0.25) is 9.82 Å². The van der Waals surface area contributed by atoms with Crippen molar-refractivity contribution in [3.05, 3.63) is 39.9 Å². The minimum absolute atomic E-state index is 0.105. The molecular weight excluding hydrogens is 337 g/mol. The topological polar surface area (TPSA) is 74.8 Å². The van der Waals surface area contributed by atoms with E-state index in [0.29, 0.717) is 11.4 Å². The second-order valence-corrected chi connectivity index (χ2v) is 6.47. The van der Waals surface area contributed by atoms with Crippen molar-refractivity contribution < 1.29 is 12.8 Å². The molecule has 5 nitrogen and oxygen atoms in total. The van der Waals surface area contributed by atoms with Crippen molar-refractivity contribution in [3.63, 3.8) is 0 Å². The summed E-state index contributed by atoms with van der Waals surface area (Å²) in [4.78, 5) is 0.105. The van der Waals surface area contributed by atoms with Crippen LogP contribution in [0.5, 0.6) is 0 Å². The molecule has 0 atom stereocenters. The number of H-pyrrole nitrogens is 1. The van der Waals surface area contributed by atoms with Crippen LogP contribution in [0.4, 0.5) is 10.1 Å². The Morgan fingerprint density at radius 1 is 1.37 bits per heavy atom. The first-order valence-corrected chi connectivity index (χ1v) is 7.58. The molecule has 19 heavy (non-hydrogen) atoms. The summed E-state index contributed by atoms with van der Waals surface area (Å²) >= 11 is 3.00. The summed E-state index contributed by atoms with van der Waals surface area (Å²) < 4.78 is 40.1. The van der Waals surface area contributed by atoms with Crippen LogP contribution < -0.4 is 4.72 Å². The fraction of sp³-hybridized carbons (Fsp3) is 0.182. The lowest BCUT2D eigenvalue weighted by atomic mass is 10.3. The van der Waals surface area contributed by atoms with E-state index in [4.69, 9.17) is 0 Å². The van der Waals surface area contributed by atoms with Crippen LogP contribution in [0.3, 0.4) is 0 Å². The molecule has 0 saturated heterocycles. The van der Waals surface area contributed by atoms with Crippen LogP contribution in [0, 0.1) is 19.7 Å². The Bertz CT molecular complexity index is 708. The molecule has 2 aromatic rings. The molecule has 102 valence electrons. The maximum atomic E-state index is 13.1. The summed E-state index contributed by atoms with van der Waals surface area (Å²) in [6, 6.07) is 3.89. The summed E-state index contributed by atoms with van der Waals surface area (Å²) in [7, 11) is -3.75. The number of aryl methyl sites for hydroxylation is 2. The molecule has 0 aliphatic heterocycles. The monoisotopic (exact) mass is 347 g/mol. The third kappa shape index (κ3) is 2.79. The molecule has 0 unspecified atom stereocenters. The summed E-state index contributed by atoms with van der Waals surface area (Å²) in [6.07, 6.45) is 0. The average molecular weight is 348 g/mol. The summed E-state index contributed by atoms with van der Waals surface area (Å²) in [6.45, 7) is 3.22. The number of aromatic amines is 1. The van der Waals surface area contributed by atoms with Gasteiger partial charge >= 0.3 is 0 Å². The minimum Gasteiger partial charge on any atom is -0.281 e. The van der Waals surface area contributed by atoms with E-state index in [-0.39, 0.29) is 15.1 Å². The molecule has 0 aliphatic rings. The van der Waals surface area contributed by atoms with Gasteiger partial charge in [-0.2, -0.15) is 5.10 Å². The Morgan fingerprint density at radius 3 is 2.58 bits per heavy atom. The molecule has 1 heterocycles. The highest BCUT2D eigenvalue weighted by molar-refractivity contribution is 9.10. The van der Waals surface area contributed by atoms with E-state index in [0.717, 1.165) is 0 Å². The van der Waals surface area contributed by atoms with E-state index >= 15 is 0 Å². The molecular formula is C11H11BrFN3O2S. The first-order chi connectivity index (χ1) is 8.81. The predicted molar refractivity (Wildman–Crippen MR) is 73.0 cm³/mol. The Hall–Kier alpha value is -1.41. The molecule has 0 saturated carbocycles. The maximum Gasteiger partial charge on any atom is 0.265 e. The van der Waals surface area contributed by atoms with Crippen LogP contribution in [0.15, 0.2) is 27.6 Å². The van der Waals surface area contributed by atoms with Crippen LogP contribution in [-0.2, 0) is 10.0 Å². The molecule has 0 radical (unpaired) electrons. The molecule has 1 aromatic carbocycles. The van der Waals surface area contributed by atoms with Gasteiger partial charge in [0.15, 0.2) is 0 Å². The molecule has 0 bridgehead atoms. The third-order valence-corrected chi connectivity index (χ3v) is 4.75. The van der Waals surface area contributed by atoms with Gasteiger partial charge in [0.05, 0.1) is 21.5 Å². The van der Waals surface area contributed by atoms with E-state index in [1.807, 2.05) is 0 Å². The zero-order valence-electron chi connectivity index (χ0n) is 10.2. The first-order valence-electron chi connectivity index (χ1n) is 5.30. The van der Waals surface area contributed by atoms with Gasteiger partial charge in [-0.25, -0.2) is 12.8 Å². The van der Waals surface area contributed by atoms with Crippen LogP contribution in [0.25, 0.3) is 0 Å². The number of nitrogens with zero attached hydrogens (tertiary/aromatic N) is 1. The van der Waals surface area contributed by atoms with E-state index in [1.54, 1.807) is 13.8 Å². The summed E-state index contributed by atoms with van der Waals surface area (Å²) in [5, 5.41) is 6.45. The Morgan fingerprint density at radius 2 is 2.05 bits per heavy atom. The molecule has 2 rings (SSSR count). The number of sulfonamides is 1. The fourth-order valence-corrected chi connectivity index (χ4v) is 3.50. The van der Waals surface area contributed by atoms with Crippen molar-refractivity contribution in [2.24, 2.45) is 0 Å². The van der Waals surface area contributed by atoms with Gasteiger partial charge in [0.1, 0.15) is 10.7 Å². The number of halogens is 2. The highest BCUT2D eigenvalue weighted by atomic mass is 79.9. The summed E-state index contributed by atoms with van der Waals surface area (Å²) in [5.74, 6) is -0.460. The Labute approximate surface area is 118 Å². The first kappa shape index (κ1) is 14.0. The quantitative estimate of drug-likeness (QED) is 0.896. The van der Waals surface area contributed by atoms with Crippen molar-refractivity contribution in [2.75, 3.05) is 4.72 Å². The van der Waals surface area contributed by atoms with Gasteiger partial charge < -0.3 is 0 Å². The van der Waals surface area contributed by atoms with E-state index in [1.165, 1.54) is 18.2 Å².